The summed E-state index contributed by atoms with van der Waals surface area (Å²) in [6, 6.07) is 18.9. The summed E-state index contributed by atoms with van der Waals surface area (Å²) in [7, 11) is 0. The molecule has 7 heteroatoms. The van der Waals surface area contributed by atoms with Crippen LogP contribution in [0.25, 0.3) is 0 Å². The number of hydrogen-bond donors (Lipinski definition) is 0. The maximum absolute atomic E-state index is 12.5. The third kappa shape index (κ3) is 5.10. The Morgan fingerprint density at radius 2 is 1.30 bits per heavy atom. The number of hydrogen-bond acceptors (Lipinski definition) is 6. The van der Waals surface area contributed by atoms with Crippen LogP contribution in [0, 0.1) is 4.91 Å². The van der Waals surface area contributed by atoms with E-state index in [0.717, 1.165) is 0 Å². The fourth-order valence-electron chi connectivity index (χ4n) is 2.58. The van der Waals surface area contributed by atoms with Crippen LogP contribution in [0.2, 0.25) is 5.02 Å². The molecule has 6 nitrogen and oxygen atoms in total. The highest BCUT2D eigenvalue weighted by Crippen LogP contribution is 2.24. The summed E-state index contributed by atoms with van der Waals surface area (Å²) in [5, 5.41) is 3.35. The first-order chi connectivity index (χ1) is 14.3. The van der Waals surface area contributed by atoms with Crippen molar-refractivity contribution in [2.75, 3.05) is 0 Å². The largest absolute Gasteiger partial charge is 0.476 e. The Bertz CT molecular complexity index is 1060. The quantitative estimate of drug-likeness (QED) is 0.210. The molecule has 0 aromatic heterocycles. The van der Waals surface area contributed by atoms with Crippen molar-refractivity contribution in [1.29, 1.82) is 0 Å². The molecule has 0 aliphatic rings. The van der Waals surface area contributed by atoms with Gasteiger partial charge < -0.3 is 9.47 Å². The van der Waals surface area contributed by atoms with Crippen LogP contribution in [0.5, 0.6) is 11.5 Å². The molecule has 3 aromatic rings. The molecule has 3 aromatic carbocycles. The minimum absolute atomic E-state index is 0.148. The van der Waals surface area contributed by atoms with Crippen molar-refractivity contribution in [1.82, 2.24) is 0 Å². The molecule has 0 fully saturated rings. The summed E-state index contributed by atoms with van der Waals surface area (Å²) in [6.45, 7) is 3.15. The molecule has 0 aliphatic carbocycles. The Labute approximate surface area is 178 Å². The van der Waals surface area contributed by atoms with E-state index in [1.807, 2.05) is 0 Å². The van der Waals surface area contributed by atoms with E-state index in [9.17, 15) is 14.5 Å². The van der Waals surface area contributed by atoms with Crippen LogP contribution >= 0.6 is 11.6 Å². The molecule has 0 saturated carbocycles. The highest BCUT2D eigenvalue weighted by atomic mass is 35.5. The Morgan fingerprint density at radius 1 is 0.800 bits per heavy atom. The molecule has 0 amide bonds. The molecular formula is C23H18ClNO5. The summed E-state index contributed by atoms with van der Waals surface area (Å²) >= 11 is 5.85. The summed E-state index contributed by atoms with van der Waals surface area (Å²) in [6.07, 6.45) is 0. The van der Waals surface area contributed by atoms with Gasteiger partial charge in [-0.05, 0) is 91.8 Å². The van der Waals surface area contributed by atoms with E-state index in [2.05, 4.69) is 5.18 Å². The Hall–Kier alpha value is -3.51. The molecule has 0 bridgehead atoms. The van der Waals surface area contributed by atoms with E-state index in [1.54, 1.807) is 62.4 Å². The predicted octanol–water partition coefficient (Wildman–Crippen LogP) is 5.73. The monoisotopic (exact) mass is 423 g/mol. The lowest BCUT2D eigenvalue weighted by atomic mass is 10.0. The van der Waals surface area contributed by atoms with Crippen molar-refractivity contribution in [3.8, 4) is 11.5 Å². The fourth-order valence-corrected chi connectivity index (χ4v) is 2.71. The van der Waals surface area contributed by atoms with Crippen LogP contribution < -0.4 is 9.47 Å². The Morgan fingerprint density at radius 3 is 1.83 bits per heavy atom. The molecular weight excluding hydrogens is 406 g/mol. The van der Waals surface area contributed by atoms with Gasteiger partial charge in [0.05, 0.1) is 0 Å². The van der Waals surface area contributed by atoms with E-state index < -0.39 is 11.6 Å². The first kappa shape index (κ1) is 21.2. The molecule has 3 rings (SSSR count). The topological polar surface area (TPSA) is 82.0 Å². The number of carbonyl (C=O) groups is 2. The van der Waals surface area contributed by atoms with E-state index in [1.165, 1.54) is 24.3 Å². The average molecular weight is 424 g/mol. The van der Waals surface area contributed by atoms with Gasteiger partial charge in [0.15, 0.2) is 5.78 Å². The maximum Gasteiger partial charge on any atom is 0.355 e. The second-order valence-electron chi connectivity index (χ2n) is 6.95. The van der Waals surface area contributed by atoms with Gasteiger partial charge in [-0.2, -0.15) is 0 Å². The lowest BCUT2D eigenvalue weighted by molar-refractivity contribution is -0.149. The molecule has 0 radical (unpaired) electrons. The number of esters is 1. The Kier molecular flexibility index (Phi) is 6.28. The van der Waals surface area contributed by atoms with Crippen molar-refractivity contribution in [3.63, 3.8) is 0 Å². The zero-order valence-electron chi connectivity index (χ0n) is 16.3. The third-order valence-corrected chi connectivity index (χ3v) is 4.49. The zero-order valence-corrected chi connectivity index (χ0v) is 17.1. The summed E-state index contributed by atoms with van der Waals surface area (Å²) in [5.41, 5.74) is -0.0521. The van der Waals surface area contributed by atoms with Crippen molar-refractivity contribution < 1.29 is 19.1 Å². The molecule has 0 saturated heterocycles. The van der Waals surface area contributed by atoms with Gasteiger partial charge in [-0.25, -0.2) is 4.79 Å². The number of ketones is 1. The molecule has 30 heavy (non-hydrogen) atoms. The van der Waals surface area contributed by atoms with Gasteiger partial charge in [0.25, 0.3) is 0 Å². The lowest BCUT2D eigenvalue weighted by Crippen LogP contribution is -2.41. The zero-order chi connectivity index (χ0) is 21.7. The number of nitrogens with zero attached hydrogens (tertiary/aromatic N) is 1. The second-order valence-corrected chi connectivity index (χ2v) is 7.38. The van der Waals surface area contributed by atoms with E-state index in [-0.39, 0.29) is 17.2 Å². The van der Waals surface area contributed by atoms with Crippen LogP contribution in [0.15, 0.2) is 78.0 Å². The molecule has 0 N–H and O–H groups in total. The maximum atomic E-state index is 12.5. The van der Waals surface area contributed by atoms with E-state index in [0.29, 0.717) is 21.9 Å². The van der Waals surface area contributed by atoms with Crippen LogP contribution in [0.3, 0.4) is 0 Å². The fraction of sp³-hybridized carbons (Fsp3) is 0.130. The SMILES string of the molecule is CC(C)(Oc1ccc(C(=O)c2ccc(Cl)cc2)cc1)C(=O)Oc1ccc(N=O)cc1. The van der Waals surface area contributed by atoms with Crippen LogP contribution in [-0.2, 0) is 4.79 Å². The van der Waals surface area contributed by atoms with Crippen molar-refractivity contribution in [2.45, 2.75) is 19.4 Å². The third-order valence-electron chi connectivity index (χ3n) is 4.24. The second kappa shape index (κ2) is 8.88. The molecule has 0 atom stereocenters. The first-order valence-electron chi connectivity index (χ1n) is 9.03. The minimum Gasteiger partial charge on any atom is -0.476 e. The summed E-state index contributed by atoms with van der Waals surface area (Å²) in [4.78, 5) is 35.5. The van der Waals surface area contributed by atoms with Crippen LogP contribution in [0.1, 0.15) is 29.8 Å². The van der Waals surface area contributed by atoms with Gasteiger partial charge >= 0.3 is 5.97 Å². The van der Waals surface area contributed by atoms with Crippen molar-refractivity contribution in [3.05, 3.63) is 93.9 Å². The highest BCUT2D eigenvalue weighted by Gasteiger charge is 2.32. The number of nitroso groups, excluding NO2 is 1. The van der Waals surface area contributed by atoms with E-state index in [4.69, 9.17) is 21.1 Å². The van der Waals surface area contributed by atoms with Gasteiger partial charge in [0.2, 0.25) is 5.60 Å². The van der Waals surface area contributed by atoms with Gasteiger partial charge in [0, 0.05) is 16.1 Å². The smallest absolute Gasteiger partial charge is 0.355 e. The molecule has 0 unspecified atom stereocenters. The van der Waals surface area contributed by atoms with Crippen LogP contribution in [0.4, 0.5) is 5.69 Å². The molecule has 0 heterocycles. The van der Waals surface area contributed by atoms with Crippen LogP contribution in [-0.4, -0.2) is 17.4 Å². The minimum atomic E-state index is -1.29. The van der Waals surface area contributed by atoms with Gasteiger partial charge in [-0.1, -0.05) is 11.6 Å². The summed E-state index contributed by atoms with van der Waals surface area (Å²) in [5.74, 6) is -0.0844. The molecule has 152 valence electrons. The lowest BCUT2D eigenvalue weighted by Gasteiger charge is -2.24. The molecule has 0 aliphatic heterocycles. The number of benzene rings is 3. The standard InChI is InChI=1S/C23H18ClNO5/c1-23(2,22(27)29-19-13-9-18(25-28)10-14-19)30-20-11-5-16(6-12-20)21(26)15-3-7-17(24)8-4-15/h3-14H,1-2H3. The number of ether oxygens (including phenoxy) is 2. The number of rotatable bonds is 7. The van der Waals surface area contributed by atoms with Gasteiger partial charge in [-0.3, -0.25) is 4.79 Å². The van der Waals surface area contributed by atoms with Gasteiger partial charge in [-0.15, -0.1) is 4.91 Å². The Balaban J connectivity index is 1.66. The average Bonchev–Trinajstić information content (AvgIpc) is 2.74. The first-order valence-corrected chi connectivity index (χ1v) is 9.41. The van der Waals surface area contributed by atoms with Gasteiger partial charge in [0.1, 0.15) is 17.2 Å². The van der Waals surface area contributed by atoms with E-state index >= 15 is 0 Å². The summed E-state index contributed by atoms with van der Waals surface area (Å²) < 4.78 is 11.1. The number of carbonyl (C=O) groups excluding carboxylic acids is 2. The predicted molar refractivity (Wildman–Crippen MR) is 114 cm³/mol. The molecule has 0 spiro atoms. The van der Waals surface area contributed by atoms with Crippen molar-refractivity contribution in [2.24, 2.45) is 5.18 Å². The van der Waals surface area contributed by atoms with Crippen molar-refractivity contribution >= 4 is 29.0 Å². The number of halogens is 1. The highest BCUT2D eigenvalue weighted by molar-refractivity contribution is 6.30. The normalized spacial score (nSPS) is 10.9.